The van der Waals surface area contributed by atoms with Crippen LogP contribution < -0.4 is 0 Å². The minimum Gasteiger partial charge on any atom is -0.205 e. The molecule has 0 aromatic heterocycles. The molecule has 0 spiro atoms. The Morgan fingerprint density at radius 2 is 1.72 bits per heavy atom. The van der Waals surface area contributed by atoms with Crippen LogP contribution in [0, 0.1) is 17.6 Å². The molecule has 0 saturated carbocycles. The first-order chi connectivity index (χ1) is 8.50. The first-order valence-electron chi connectivity index (χ1n) is 5.24. The minimum atomic E-state index is -0.500. The second-order valence-electron chi connectivity index (χ2n) is 3.86. The topological polar surface area (TPSA) is 0 Å². The zero-order valence-corrected chi connectivity index (χ0v) is 11.0. The average Bonchev–Trinajstić information content (AvgIpc) is 2.35. The van der Waals surface area contributed by atoms with Gasteiger partial charge in [0.1, 0.15) is 11.6 Å². The molecule has 0 bridgehead atoms. The molecule has 0 saturated heterocycles. The molecule has 0 amide bonds. The van der Waals surface area contributed by atoms with Crippen LogP contribution in [0.4, 0.5) is 8.78 Å². The van der Waals surface area contributed by atoms with E-state index in [9.17, 15) is 8.78 Å². The van der Waals surface area contributed by atoms with E-state index in [-0.39, 0.29) is 10.0 Å². The number of benzene rings is 2. The number of halogens is 4. The highest BCUT2D eigenvalue weighted by atomic mass is 35.5. The predicted molar refractivity (Wildman–Crippen MR) is 69.9 cm³/mol. The van der Waals surface area contributed by atoms with E-state index < -0.39 is 11.6 Å². The quantitative estimate of drug-likeness (QED) is 0.706. The molecule has 0 aliphatic rings. The Balaban J connectivity index is 2.44. The molecule has 0 unspecified atom stereocenters. The molecule has 2 aromatic rings. The van der Waals surface area contributed by atoms with Crippen molar-refractivity contribution in [3.8, 4) is 0 Å². The van der Waals surface area contributed by atoms with Gasteiger partial charge in [-0.15, -0.1) is 0 Å². The first kappa shape index (κ1) is 13.3. The van der Waals surface area contributed by atoms with E-state index in [2.05, 4.69) is 0 Å². The molecule has 0 nitrogen and oxygen atoms in total. The van der Waals surface area contributed by atoms with E-state index >= 15 is 0 Å². The van der Waals surface area contributed by atoms with E-state index in [1.165, 1.54) is 18.2 Å². The average molecular weight is 286 g/mol. The maximum absolute atomic E-state index is 13.9. The summed E-state index contributed by atoms with van der Waals surface area (Å²) in [6.07, 6.45) is 0. The summed E-state index contributed by atoms with van der Waals surface area (Å²) in [5, 5.41) is 0.0642. The molecule has 1 radical (unpaired) electrons. The van der Waals surface area contributed by atoms with Gasteiger partial charge in [0.25, 0.3) is 0 Å². The van der Waals surface area contributed by atoms with Crippen molar-refractivity contribution in [3.63, 3.8) is 0 Å². The molecule has 0 aliphatic carbocycles. The fraction of sp³-hybridized carbons (Fsp3) is 0.0714. The summed E-state index contributed by atoms with van der Waals surface area (Å²) in [6, 6.07) is 9.03. The highest BCUT2D eigenvalue weighted by Gasteiger charge is 2.16. The van der Waals surface area contributed by atoms with Gasteiger partial charge < -0.3 is 0 Å². The first-order valence-corrected chi connectivity index (χ1v) is 5.99. The van der Waals surface area contributed by atoms with Crippen LogP contribution in [0.2, 0.25) is 10.0 Å². The van der Waals surface area contributed by atoms with Gasteiger partial charge in [0.05, 0.1) is 10.0 Å². The molecule has 2 aromatic carbocycles. The van der Waals surface area contributed by atoms with Gasteiger partial charge in [-0.25, -0.2) is 8.78 Å². The third-order valence-corrected chi connectivity index (χ3v) is 3.29. The van der Waals surface area contributed by atoms with Gasteiger partial charge in [-0.3, -0.25) is 0 Å². The van der Waals surface area contributed by atoms with Crippen molar-refractivity contribution >= 4 is 23.2 Å². The highest BCUT2D eigenvalue weighted by molar-refractivity contribution is 6.31. The Hall–Kier alpha value is -1.12. The lowest BCUT2D eigenvalue weighted by Gasteiger charge is -2.13. The summed E-state index contributed by atoms with van der Waals surface area (Å²) < 4.78 is 26.9. The minimum absolute atomic E-state index is 0.00860. The van der Waals surface area contributed by atoms with Crippen LogP contribution in [0.3, 0.4) is 0 Å². The number of rotatable bonds is 2. The molecule has 0 atom stereocenters. The number of hydrogen-bond donors (Lipinski definition) is 0. The summed E-state index contributed by atoms with van der Waals surface area (Å²) in [6.45, 7) is 1.73. The molecule has 0 aliphatic heterocycles. The molecular formula is C14H9Cl2F2. The van der Waals surface area contributed by atoms with Crippen molar-refractivity contribution in [1.29, 1.82) is 0 Å². The Kier molecular flexibility index (Phi) is 3.88. The van der Waals surface area contributed by atoms with E-state index in [1.54, 1.807) is 25.1 Å². The van der Waals surface area contributed by atoms with Crippen LogP contribution in [0.25, 0.3) is 0 Å². The van der Waals surface area contributed by atoms with Crippen LogP contribution in [-0.4, -0.2) is 0 Å². The molecule has 18 heavy (non-hydrogen) atoms. The van der Waals surface area contributed by atoms with Crippen molar-refractivity contribution in [2.75, 3.05) is 0 Å². The fourth-order valence-electron chi connectivity index (χ4n) is 1.68. The Morgan fingerprint density at radius 3 is 2.39 bits per heavy atom. The standard InChI is InChI=1S/C14H9Cl2F2/c1-8(9-5-6-13(17)12(16)7-9)10-3-2-4-11(15)14(10)18/h2-7H,1H3. The maximum Gasteiger partial charge on any atom is 0.145 e. The van der Waals surface area contributed by atoms with Gasteiger partial charge in [-0.1, -0.05) is 48.3 Å². The Labute approximate surface area is 114 Å². The molecule has 4 heteroatoms. The lowest BCUT2D eigenvalue weighted by molar-refractivity contribution is 0.617. The van der Waals surface area contributed by atoms with Crippen molar-refractivity contribution < 1.29 is 8.78 Å². The summed E-state index contributed by atoms with van der Waals surface area (Å²) in [5.41, 5.74) is 1.03. The third-order valence-electron chi connectivity index (χ3n) is 2.71. The summed E-state index contributed by atoms with van der Waals surface area (Å²) in [4.78, 5) is 0. The second kappa shape index (κ2) is 5.25. The van der Waals surface area contributed by atoms with Crippen LogP contribution in [0.15, 0.2) is 36.4 Å². The molecule has 0 N–H and O–H groups in total. The van der Waals surface area contributed by atoms with E-state index in [0.717, 1.165) is 0 Å². The monoisotopic (exact) mass is 285 g/mol. The summed E-state index contributed by atoms with van der Waals surface area (Å²) in [7, 11) is 0. The second-order valence-corrected chi connectivity index (χ2v) is 4.67. The van der Waals surface area contributed by atoms with Gasteiger partial charge in [0.2, 0.25) is 0 Å². The van der Waals surface area contributed by atoms with E-state index in [1.807, 2.05) is 0 Å². The van der Waals surface area contributed by atoms with E-state index in [4.69, 9.17) is 23.2 Å². The van der Waals surface area contributed by atoms with Gasteiger partial charge in [0, 0.05) is 11.5 Å². The van der Waals surface area contributed by atoms with Crippen LogP contribution in [-0.2, 0) is 0 Å². The molecule has 0 heterocycles. The maximum atomic E-state index is 13.9. The smallest absolute Gasteiger partial charge is 0.145 e. The van der Waals surface area contributed by atoms with Crippen molar-refractivity contribution in [2.45, 2.75) is 6.92 Å². The largest absolute Gasteiger partial charge is 0.205 e. The number of hydrogen-bond acceptors (Lipinski definition) is 0. The summed E-state index contributed by atoms with van der Waals surface area (Å²) >= 11 is 11.4. The highest BCUT2D eigenvalue weighted by Crippen LogP contribution is 2.30. The van der Waals surface area contributed by atoms with E-state index in [0.29, 0.717) is 17.0 Å². The Bertz CT molecular complexity index is 582. The Morgan fingerprint density at radius 1 is 1.00 bits per heavy atom. The van der Waals surface area contributed by atoms with Crippen molar-refractivity contribution in [1.82, 2.24) is 0 Å². The normalized spacial score (nSPS) is 11.0. The predicted octanol–water partition coefficient (Wildman–Crippen LogP) is 5.26. The third kappa shape index (κ3) is 2.50. The van der Waals surface area contributed by atoms with Gasteiger partial charge in [0.15, 0.2) is 0 Å². The molecular weight excluding hydrogens is 277 g/mol. The van der Waals surface area contributed by atoms with Gasteiger partial charge >= 0.3 is 0 Å². The fourth-order valence-corrected chi connectivity index (χ4v) is 2.03. The lowest BCUT2D eigenvalue weighted by atomic mass is 9.93. The molecule has 0 fully saturated rings. The van der Waals surface area contributed by atoms with Gasteiger partial charge in [-0.05, 0) is 23.8 Å². The van der Waals surface area contributed by atoms with Crippen LogP contribution >= 0.6 is 23.2 Å². The summed E-state index contributed by atoms with van der Waals surface area (Å²) in [5.74, 6) is -0.339. The molecule has 2 rings (SSSR count). The van der Waals surface area contributed by atoms with Gasteiger partial charge in [-0.2, -0.15) is 0 Å². The SMILES string of the molecule is C[C](c1ccc(F)c(Cl)c1)c1cccc(Cl)c1F. The van der Waals surface area contributed by atoms with Crippen LogP contribution in [0.5, 0.6) is 0 Å². The lowest BCUT2D eigenvalue weighted by Crippen LogP contribution is -2.01. The van der Waals surface area contributed by atoms with Crippen molar-refractivity contribution in [2.24, 2.45) is 0 Å². The zero-order valence-electron chi connectivity index (χ0n) is 9.48. The van der Waals surface area contributed by atoms with Crippen molar-refractivity contribution in [3.05, 3.63) is 75.1 Å². The zero-order chi connectivity index (χ0) is 13.3. The molecule has 93 valence electrons. The van der Waals surface area contributed by atoms with Crippen LogP contribution in [0.1, 0.15) is 18.1 Å².